The van der Waals surface area contributed by atoms with Crippen molar-refractivity contribution in [2.24, 2.45) is 23.7 Å². The molecule has 2 heteroatoms. The van der Waals surface area contributed by atoms with Crippen LogP contribution in [0.3, 0.4) is 0 Å². The van der Waals surface area contributed by atoms with Crippen molar-refractivity contribution in [2.45, 2.75) is 37.5 Å². The average Bonchev–Trinajstić information content (AvgIpc) is 3.86. The highest BCUT2D eigenvalue weighted by Crippen LogP contribution is 2.69. The van der Waals surface area contributed by atoms with Crippen molar-refractivity contribution < 1.29 is 4.42 Å². The molecule has 0 unspecified atom stereocenters. The van der Waals surface area contributed by atoms with Crippen LogP contribution in [0.25, 0.3) is 82.8 Å². The molecule has 0 atom stereocenters. The van der Waals surface area contributed by atoms with Gasteiger partial charge in [0.1, 0.15) is 11.2 Å². The highest BCUT2D eigenvalue weighted by Gasteiger charge is 2.61. The van der Waals surface area contributed by atoms with Gasteiger partial charge >= 0.3 is 0 Å². The molecule has 2 aromatic heterocycles. The minimum atomic E-state index is 0.212. The molecule has 14 rings (SSSR count). The van der Waals surface area contributed by atoms with Crippen LogP contribution in [0.5, 0.6) is 0 Å². The van der Waals surface area contributed by atoms with Gasteiger partial charge in [-0.25, -0.2) is 0 Å². The van der Waals surface area contributed by atoms with Crippen molar-refractivity contribution in [3.8, 4) is 39.1 Å². The first-order valence-electron chi connectivity index (χ1n) is 20.0. The number of hydrogen-bond acceptors (Lipinski definition) is 1. The molecule has 54 heavy (non-hydrogen) atoms. The highest BCUT2D eigenvalue weighted by atomic mass is 16.3. The van der Waals surface area contributed by atoms with Gasteiger partial charge in [0.05, 0.1) is 11.0 Å². The summed E-state index contributed by atoms with van der Waals surface area (Å²) in [5.74, 6) is 3.49. The molecule has 0 radical (unpaired) electrons. The minimum absolute atomic E-state index is 0.212. The molecule has 4 fully saturated rings. The zero-order chi connectivity index (χ0) is 35.1. The normalized spacial score (nSPS) is 23.6. The van der Waals surface area contributed by atoms with Crippen molar-refractivity contribution in [3.05, 3.63) is 163 Å². The van der Waals surface area contributed by atoms with Gasteiger partial charge in [-0.3, -0.25) is 0 Å². The van der Waals surface area contributed by atoms with Crippen LogP contribution in [-0.4, -0.2) is 4.57 Å². The lowest BCUT2D eigenvalue weighted by Crippen LogP contribution is -2.55. The molecule has 2 nitrogen and oxygen atoms in total. The van der Waals surface area contributed by atoms with Gasteiger partial charge < -0.3 is 8.98 Å². The second-order valence-electron chi connectivity index (χ2n) is 16.9. The first kappa shape index (κ1) is 29.6. The molecule has 4 saturated carbocycles. The molecular formula is C52H39NO. The molecule has 4 bridgehead atoms. The molecule has 2 heterocycles. The van der Waals surface area contributed by atoms with Gasteiger partial charge in [0, 0.05) is 32.6 Å². The van der Waals surface area contributed by atoms with E-state index in [0.29, 0.717) is 0 Å². The van der Waals surface area contributed by atoms with Gasteiger partial charge in [0.25, 0.3) is 0 Å². The third-order valence-corrected chi connectivity index (χ3v) is 14.4. The Labute approximate surface area is 314 Å². The van der Waals surface area contributed by atoms with Crippen molar-refractivity contribution in [1.29, 1.82) is 0 Å². The summed E-state index contributed by atoms with van der Waals surface area (Å²) in [6.07, 6.45) is 7.17. The van der Waals surface area contributed by atoms with Crippen molar-refractivity contribution in [3.63, 3.8) is 0 Å². The van der Waals surface area contributed by atoms with Crippen LogP contribution in [-0.2, 0) is 5.41 Å². The Hall–Kier alpha value is -5.86. The summed E-state index contributed by atoms with van der Waals surface area (Å²) in [6, 6.07) is 56.8. The number of benzene rings is 7. The van der Waals surface area contributed by atoms with E-state index in [9.17, 15) is 0 Å². The molecule has 7 aromatic carbocycles. The molecule has 5 aliphatic rings. The van der Waals surface area contributed by atoms with E-state index in [1.165, 1.54) is 92.7 Å². The zero-order valence-electron chi connectivity index (χ0n) is 30.1. The fraction of sp³-hybridized carbons (Fsp3) is 0.192. The number of para-hydroxylation sites is 2. The van der Waals surface area contributed by atoms with E-state index >= 15 is 0 Å². The van der Waals surface area contributed by atoms with Gasteiger partial charge in [0.2, 0.25) is 0 Å². The monoisotopic (exact) mass is 693 g/mol. The summed E-state index contributed by atoms with van der Waals surface area (Å²) in [5, 5.41) is 4.91. The molecule has 258 valence electrons. The van der Waals surface area contributed by atoms with E-state index in [2.05, 4.69) is 150 Å². The maximum Gasteiger partial charge on any atom is 0.136 e. The highest BCUT2D eigenvalue weighted by molar-refractivity contribution is 6.13. The Kier molecular flexibility index (Phi) is 5.83. The van der Waals surface area contributed by atoms with Crippen molar-refractivity contribution in [2.75, 3.05) is 0 Å². The Morgan fingerprint density at radius 2 is 1.07 bits per heavy atom. The Bertz CT molecular complexity index is 2980. The molecule has 0 amide bonds. The second-order valence-corrected chi connectivity index (χ2v) is 16.9. The van der Waals surface area contributed by atoms with Crippen LogP contribution in [0.15, 0.2) is 156 Å². The fourth-order valence-electron chi connectivity index (χ4n) is 12.6. The maximum absolute atomic E-state index is 6.22. The fourth-order valence-corrected chi connectivity index (χ4v) is 12.6. The van der Waals surface area contributed by atoms with Crippen LogP contribution in [0, 0.1) is 23.7 Å². The molecule has 0 N–H and O–H groups in total. The van der Waals surface area contributed by atoms with E-state index in [0.717, 1.165) is 45.9 Å². The van der Waals surface area contributed by atoms with Crippen molar-refractivity contribution in [1.82, 2.24) is 4.57 Å². The average molecular weight is 694 g/mol. The lowest BCUT2D eigenvalue weighted by atomic mass is 9.43. The van der Waals surface area contributed by atoms with E-state index in [-0.39, 0.29) is 5.41 Å². The van der Waals surface area contributed by atoms with Crippen molar-refractivity contribution >= 4 is 43.7 Å². The summed E-state index contributed by atoms with van der Waals surface area (Å²) in [4.78, 5) is 0. The number of hydrogen-bond donors (Lipinski definition) is 0. The van der Waals surface area contributed by atoms with Crippen LogP contribution < -0.4 is 0 Å². The van der Waals surface area contributed by atoms with Gasteiger partial charge in [-0.2, -0.15) is 0 Å². The molecule has 5 aliphatic carbocycles. The Morgan fingerprint density at radius 3 is 1.93 bits per heavy atom. The Balaban J connectivity index is 0.924. The number of aromatic nitrogens is 1. The smallest absolute Gasteiger partial charge is 0.136 e. The molecule has 0 aliphatic heterocycles. The molecule has 9 aromatic rings. The minimum Gasteiger partial charge on any atom is -0.456 e. The van der Waals surface area contributed by atoms with Crippen LogP contribution in [0.2, 0.25) is 0 Å². The van der Waals surface area contributed by atoms with E-state index < -0.39 is 0 Å². The SMILES string of the molecule is c1ccc2c(c1)-c1cc(-c3ccc4c(c3)c3ccccc3n4-c3ccc(-c4cccc5oc6ccccc6c45)cc3)ccc1C21C2CC3CC(C2)CC1C3. The summed E-state index contributed by atoms with van der Waals surface area (Å²) >= 11 is 0. The maximum atomic E-state index is 6.22. The molecule has 1 spiro atoms. The number of rotatable bonds is 3. The molecular weight excluding hydrogens is 655 g/mol. The lowest BCUT2D eigenvalue weighted by molar-refractivity contribution is -0.0399. The third kappa shape index (κ3) is 3.81. The number of nitrogens with zero attached hydrogens (tertiary/aromatic N) is 1. The van der Waals surface area contributed by atoms with Crippen LogP contribution in [0.1, 0.15) is 43.2 Å². The standard InChI is InChI=1S/C52H39NO/c1-4-12-45-40(8-1)43-29-34(18-22-46(43)52(45)36-25-31-24-32(27-36)28-37(52)26-31)35-19-23-48-44(30-35)41-9-2-5-13-47(41)53(48)38-20-16-33(17-21-38)39-11-7-15-50-51(39)42-10-3-6-14-49(42)54-50/h1-23,29-32,36-37H,24-28H2. The number of furan rings is 1. The number of fused-ring (bicyclic) bond motifs is 9. The van der Waals surface area contributed by atoms with Crippen LogP contribution in [0.4, 0.5) is 0 Å². The first-order valence-corrected chi connectivity index (χ1v) is 20.0. The van der Waals surface area contributed by atoms with Gasteiger partial charge in [-0.05, 0) is 149 Å². The van der Waals surface area contributed by atoms with E-state index in [4.69, 9.17) is 4.42 Å². The predicted molar refractivity (Wildman–Crippen MR) is 222 cm³/mol. The van der Waals surface area contributed by atoms with E-state index in [1.807, 2.05) is 6.07 Å². The largest absolute Gasteiger partial charge is 0.456 e. The molecule has 0 saturated heterocycles. The Morgan fingerprint density at radius 1 is 0.444 bits per heavy atom. The summed E-state index contributed by atoms with van der Waals surface area (Å²) in [5.41, 5.74) is 16.9. The summed E-state index contributed by atoms with van der Waals surface area (Å²) in [6.45, 7) is 0. The second kappa shape index (κ2) is 10.6. The zero-order valence-corrected chi connectivity index (χ0v) is 30.1. The predicted octanol–water partition coefficient (Wildman–Crippen LogP) is 13.7. The van der Waals surface area contributed by atoms with E-state index in [1.54, 1.807) is 11.1 Å². The van der Waals surface area contributed by atoms with Crippen LogP contribution >= 0.6 is 0 Å². The van der Waals surface area contributed by atoms with Gasteiger partial charge in [0.15, 0.2) is 0 Å². The third-order valence-electron chi connectivity index (χ3n) is 14.4. The topological polar surface area (TPSA) is 18.1 Å². The summed E-state index contributed by atoms with van der Waals surface area (Å²) in [7, 11) is 0. The lowest BCUT2D eigenvalue weighted by Gasteiger charge is -2.61. The first-order chi connectivity index (χ1) is 26.7. The van der Waals surface area contributed by atoms with Gasteiger partial charge in [-0.1, -0.05) is 103 Å². The quantitative estimate of drug-likeness (QED) is 0.180. The summed E-state index contributed by atoms with van der Waals surface area (Å²) < 4.78 is 8.65. The van der Waals surface area contributed by atoms with Gasteiger partial charge in [-0.15, -0.1) is 0 Å².